The topological polar surface area (TPSA) is 25.8 Å². The summed E-state index contributed by atoms with van der Waals surface area (Å²) in [5.41, 5.74) is 2.21. The summed E-state index contributed by atoms with van der Waals surface area (Å²) in [6.07, 6.45) is 5.14. The number of pyridine rings is 2. The van der Waals surface area contributed by atoms with E-state index in [9.17, 15) is 0 Å². The third-order valence-corrected chi connectivity index (χ3v) is 2.86. The van der Waals surface area contributed by atoms with Crippen LogP contribution in [0.25, 0.3) is 0 Å². The molecule has 0 bridgehead atoms. The van der Waals surface area contributed by atoms with Gasteiger partial charge in [-0.3, -0.25) is 0 Å². The van der Waals surface area contributed by atoms with Gasteiger partial charge in [0, 0.05) is 12.4 Å². The van der Waals surface area contributed by atoms with Crippen LogP contribution in [0.3, 0.4) is 0 Å². The van der Waals surface area contributed by atoms with E-state index < -0.39 is 0 Å². The van der Waals surface area contributed by atoms with Crippen molar-refractivity contribution in [1.29, 1.82) is 0 Å². The first-order valence-electron chi connectivity index (χ1n) is 4.95. The first-order valence-corrected chi connectivity index (χ1v) is 5.71. The summed E-state index contributed by atoms with van der Waals surface area (Å²) < 4.78 is 0. The van der Waals surface area contributed by atoms with Crippen LogP contribution in [-0.4, -0.2) is 9.97 Å². The second kappa shape index (κ2) is 5.28. The molecule has 0 aromatic carbocycles. The maximum Gasteiger partial charge on any atom is 0.132 e. The van der Waals surface area contributed by atoms with E-state index in [1.54, 1.807) is 12.4 Å². The fourth-order valence-electron chi connectivity index (χ4n) is 1.48. The first kappa shape index (κ1) is 11.4. The Labute approximate surface area is 104 Å². The standard InChI is InChI=1S/C12H10Cl2N2/c13-11-8-9(5-7-15-11)3-4-10-2-1-6-16-12(10)14/h1-2,5-8H,3-4H2. The Kier molecular flexibility index (Phi) is 3.75. The predicted molar refractivity (Wildman–Crippen MR) is 65.9 cm³/mol. The SMILES string of the molecule is Clc1cc(CCc2cccnc2Cl)ccn1. The Morgan fingerprint density at radius 3 is 2.62 bits per heavy atom. The smallest absolute Gasteiger partial charge is 0.132 e. The van der Waals surface area contributed by atoms with Crippen LogP contribution in [0.2, 0.25) is 10.3 Å². The second-order valence-electron chi connectivity index (χ2n) is 3.44. The number of aryl methyl sites for hydroxylation is 2. The number of nitrogens with zero attached hydrogens (tertiary/aromatic N) is 2. The van der Waals surface area contributed by atoms with E-state index in [-0.39, 0.29) is 0 Å². The number of hydrogen-bond donors (Lipinski definition) is 0. The minimum Gasteiger partial charge on any atom is -0.245 e. The molecule has 2 aromatic rings. The summed E-state index contributed by atoms with van der Waals surface area (Å²) in [4.78, 5) is 7.98. The summed E-state index contributed by atoms with van der Waals surface area (Å²) in [6.45, 7) is 0. The molecule has 2 aromatic heterocycles. The molecule has 0 spiro atoms. The van der Waals surface area contributed by atoms with Gasteiger partial charge in [0.15, 0.2) is 0 Å². The molecule has 0 aliphatic carbocycles. The molecular weight excluding hydrogens is 243 g/mol. The van der Waals surface area contributed by atoms with Gasteiger partial charge in [0.05, 0.1) is 0 Å². The average Bonchev–Trinajstić information content (AvgIpc) is 2.28. The lowest BCUT2D eigenvalue weighted by Gasteiger charge is -2.03. The van der Waals surface area contributed by atoms with Crippen molar-refractivity contribution in [3.8, 4) is 0 Å². The number of rotatable bonds is 3. The van der Waals surface area contributed by atoms with Crippen molar-refractivity contribution in [3.63, 3.8) is 0 Å². The highest BCUT2D eigenvalue weighted by Gasteiger charge is 2.01. The third kappa shape index (κ3) is 2.94. The highest BCUT2D eigenvalue weighted by atomic mass is 35.5. The van der Waals surface area contributed by atoms with Crippen molar-refractivity contribution < 1.29 is 0 Å². The zero-order valence-corrected chi connectivity index (χ0v) is 10.0. The number of halogens is 2. The monoisotopic (exact) mass is 252 g/mol. The molecule has 0 aliphatic rings. The van der Waals surface area contributed by atoms with Crippen LogP contribution in [-0.2, 0) is 12.8 Å². The van der Waals surface area contributed by atoms with E-state index >= 15 is 0 Å². The van der Waals surface area contributed by atoms with Crippen LogP contribution in [0.1, 0.15) is 11.1 Å². The number of aromatic nitrogens is 2. The quantitative estimate of drug-likeness (QED) is 0.781. The Balaban J connectivity index is 2.05. The fraction of sp³-hybridized carbons (Fsp3) is 0.167. The van der Waals surface area contributed by atoms with E-state index in [1.165, 1.54) is 0 Å². The summed E-state index contributed by atoms with van der Waals surface area (Å²) in [7, 11) is 0. The first-order chi connectivity index (χ1) is 7.75. The van der Waals surface area contributed by atoms with Gasteiger partial charge in [0.1, 0.15) is 10.3 Å². The molecule has 0 radical (unpaired) electrons. The van der Waals surface area contributed by atoms with E-state index in [1.807, 2.05) is 24.3 Å². The Hall–Kier alpha value is -1.12. The van der Waals surface area contributed by atoms with E-state index in [2.05, 4.69) is 9.97 Å². The molecule has 2 rings (SSSR count). The lowest BCUT2D eigenvalue weighted by molar-refractivity contribution is 0.946. The maximum absolute atomic E-state index is 5.97. The van der Waals surface area contributed by atoms with Gasteiger partial charge < -0.3 is 0 Å². The molecule has 0 saturated heterocycles. The summed E-state index contributed by atoms with van der Waals surface area (Å²) >= 11 is 11.8. The van der Waals surface area contributed by atoms with Crippen molar-refractivity contribution >= 4 is 23.2 Å². The van der Waals surface area contributed by atoms with Crippen molar-refractivity contribution in [3.05, 3.63) is 58.1 Å². The van der Waals surface area contributed by atoms with Gasteiger partial charge in [-0.05, 0) is 42.2 Å². The highest BCUT2D eigenvalue weighted by Crippen LogP contribution is 2.15. The third-order valence-electron chi connectivity index (χ3n) is 2.31. The normalized spacial score (nSPS) is 10.4. The molecule has 0 atom stereocenters. The van der Waals surface area contributed by atoms with Crippen LogP contribution < -0.4 is 0 Å². The molecule has 0 fully saturated rings. The predicted octanol–water partition coefficient (Wildman–Crippen LogP) is 3.57. The van der Waals surface area contributed by atoms with E-state index in [0.29, 0.717) is 10.3 Å². The summed E-state index contributed by atoms with van der Waals surface area (Å²) in [5.74, 6) is 0. The van der Waals surface area contributed by atoms with Crippen LogP contribution in [0, 0.1) is 0 Å². The molecule has 4 heteroatoms. The van der Waals surface area contributed by atoms with Crippen molar-refractivity contribution in [2.75, 3.05) is 0 Å². The van der Waals surface area contributed by atoms with Gasteiger partial charge in [-0.15, -0.1) is 0 Å². The van der Waals surface area contributed by atoms with Gasteiger partial charge in [0.25, 0.3) is 0 Å². The molecule has 0 saturated carbocycles. The zero-order valence-electron chi connectivity index (χ0n) is 8.53. The van der Waals surface area contributed by atoms with Crippen LogP contribution in [0.4, 0.5) is 0 Å². The molecule has 0 amide bonds. The second-order valence-corrected chi connectivity index (χ2v) is 4.19. The molecule has 0 aliphatic heterocycles. The lowest BCUT2D eigenvalue weighted by atomic mass is 10.1. The lowest BCUT2D eigenvalue weighted by Crippen LogP contribution is -1.93. The van der Waals surface area contributed by atoms with Gasteiger partial charge in [-0.25, -0.2) is 9.97 Å². The molecule has 0 N–H and O–H groups in total. The molecule has 0 unspecified atom stereocenters. The zero-order chi connectivity index (χ0) is 11.4. The van der Waals surface area contributed by atoms with Crippen LogP contribution in [0.15, 0.2) is 36.7 Å². The minimum atomic E-state index is 0.523. The fourth-order valence-corrected chi connectivity index (χ4v) is 1.89. The summed E-state index contributed by atoms with van der Waals surface area (Å²) in [6, 6.07) is 7.70. The van der Waals surface area contributed by atoms with Gasteiger partial charge in [-0.2, -0.15) is 0 Å². The van der Waals surface area contributed by atoms with Crippen LogP contribution >= 0.6 is 23.2 Å². The highest BCUT2D eigenvalue weighted by molar-refractivity contribution is 6.30. The van der Waals surface area contributed by atoms with E-state index in [4.69, 9.17) is 23.2 Å². The molecule has 82 valence electrons. The molecule has 2 heterocycles. The van der Waals surface area contributed by atoms with Crippen molar-refractivity contribution in [2.45, 2.75) is 12.8 Å². The molecule has 2 nitrogen and oxygen atoms in total. The molecular formula is C12H10Cl2N2. The minimum absolute atomic E-state index is 0.523. The largest absolute Gasteiger partial charge is 0.245 e. The van der Waals surface area contributed by atoms with Gasteiger partial charge in [0.2, 0.25) is 0 Å². The Morgan fingerprint density at radius 2 is 1.88 bits per heavy atom. The van der Waals surface area contributed by atoms with Crippen molar-refractivity contribution in [1.82, 2.24) is 9.97 Å². The Bertz CT molecular complexity index is 486. The van der Waals surface area contributed by atoms with Gasteiger partial charge >= 0.3 is 0 Å². The number of hydrogen-bond acceptors (Lipinski definition) is 2. The molecule has 16 heavy (non-hydrogen) atoms. The van der Waals surface area contributed by atoms with Crippen LogP contribution in [0.5, 0.6) is 0 Å². The van der Waals surface area contributed by atoms with E-state index in [0.717, 1.165) is 24.0 Å². The Morgan fingerprint density at radius 1 is 1.00 bits per heavy atom. The average molecular weight is 253 g/mol. The van der Waals surface area contributed by atoms with Gasteiger partial charge in [-0.1, -0.05) is 29.3 Å². The summed E-state index contributed by atoms with van der Waals surface area (Å²) in [5, 5.41) is 1.09. The van der Waals surface area contributed by atoms with Crippen molar-refractivity contribution in [2.24, 2.45) is 0 Å². The maximum atomic E-state index is 5.97.